The highest BCUT2D eigenvalue weighted by molar-refractivity contribution is 5.61. The molecule has 0 fully saturated rings. The van der Waals surface area contributed by atoms with E-state index >= 15 is 0 Å². The molecule has 0 aliphatic heterocycles. The third kappa shape index (κ3) is 5.44. The summed E-state index contributed by atoms with van der Waals surface area (Å²) in [4.78, 5) is 4.16. The molecule has 2 rings (SSSR count). The van der Waals surface area contributed by atoms with E-state index < -0.39 is 5.60 Å². The minimum absolute atomic E-state index is 0.571. The maximum absolute atomic E-state index is 10.4. The van der Waals surface area contributed by atoms with Gasteiger partial charge < -0.3 is 10.4 Å². The largest absolute Gasteiger partial charge is 0.389 e. The molecule has 5 heteroatoms. The second-order valence-electron chi connectivity index (χ2n) is 6.95. The lowest BCUT2D eigenvalue weighted by Crippen LogP contribution is -2.37. The van der Waals surface area contributed by atoms with E-state index in [9.17, 15) is 5.11 Å². The minimum Gasteiger partial charge on any atom is -0.389 e. The van der Waals surface area contributed by atoms with E-state index in [4.69, 9.17) is 0 Å². The predicted octanol–water partition coefficient (Wildman–Crippen LogP) is 2.76. The highest BCUT2D eigenvalue weighted by Crippen LogP contribution is 2.21. The van der Waals surface area contributed by atoms with Gasteiger partial charge in [-0.1, -0.05) is 13.8 Å². The molecule has 0 aliphatic rings. The van der Waals surface area contributed by atoms with Crippen molar-refractivity contribution in [2.45, 2.75) is 45.8 Å². The van der Waals surface area contributed by atoms with Gasteiger partial charge in [-0.15, -0.1) is 0 Å². The Balaban J connectivity index is 1.96. The molecule has 2 N–H and O–H groups in total. The van der Waals surface area contributed by atoms with Crippen LogP contribution in [0.4, 0.5) is 0 Å². The van der Waals surface area contributed by atoms with Crippen LogP contribution >= 0.6 is 0 Å². The first-order chi connectivity index (χ1) is 10.9. The summed E-state index contributed by atoms with van der Waals surface area (Å²) in [6, 6.07) is 3.93. The molecule has 0 saturated carbocycles. The maximum atomic E-state index is 10.4. The summed E-state index contributed by atoms with van der Waals surface area (Å²) in [5.41, 5.74) is 2.38. The molecule has 1 atom stereocenters. The van der Waals surface area contributed by atoms with Crippen LogP contribution in [0.3, 0.4) is 0 Å². The van der Waals surface area contributed by atoms with Gasteiger partial charge in [-0.05, 0) is 37.8 Å². The molecule has 0 amide bonds. The molecule has 0 aliphatic carbocycles. The molecule has 5 nitrogen and oxygen atoms in total. The van der Waals surface area contributed by atoms with Gasteiger partial charge in [0.15, 0.2) is 0 Å². The molecule has 1 unspecified atom stereocenters. The molecule has 2 aromatic heterocycles. The van der Waals surface area contributed by atoms with Gasteiger partial charge in [0.2, 0.25) is 0 Å². The average Bonchev–Trinajstić information content (AvgIpc) is 2.87. The standard InChI is InChI=1S/C18H28N4O/c1-14(2)7-8-18(3,23)13-20-11-16-12-22(4)21-17(16)15-6-5-9-19-10-15/h5-6,9-10,12,14,20,23H,7-8,11,13H2,1-4H3. The van der Waals surface area contributed by atoms with Crippen LogP contribution in [0.5, 0.6) is 0 Å². The summed E-state index contributed by atoms with van der Waals surface area (Å²) in [5.74, 6) is 0.608. The topological polar surface area (TPSA) is 63.0 Å². The van der Waals surface area contributed by atoms with Crippen LogP contribution in [0.2, 0.25) is 0 Å². The molecule has 2 heterocycles. The van der Waals surface area contributed by atoms with Crippen molar-refractivity contribution in [2.24, 2.45) is 13.0 Å². The summed E-state index contributed by atoms with van der Waals surface area (Å²) in [5, 5.41) is 18.3. The number of nitrogens with zero attached hydrogens (tertiary/aromatic N) is 3. The fraction of sp³-hybridized carbons (Fsp3) is 0.556. The van der Waals surface area contributed by atoms with Crippen molar-refractivity contribution in [2.75, 3.05) is 6.54 Å². The fourth-order valence-electron chi connectivity index (χ4n) is 2.57. The molecule has 23 heavy (non-hydrogen) atoms. The number of hydrogen-bond donors (Lipinski definition) is 2. The monoisotopic (exact) mass is 316 g/mol. The zero-order chi connectivity index (χ0) is 16.9. The zero-order valence-electron chi connectivity index (χ0n) is 14.6. The molecule has 126 valence electrons. The Labute approximate surface area is 138 Å². The van der Waals surface area contributed by atoms with Crippen LogP contribution in [-0.4, -0.2) is 32.0 Å². The van der Waals surface area contributed by atoms with Gasteiger partial charge in [-0.2, -0.15) is 5.10 Å². The summed E-state index contributed by atoms with van der Waals surface area (Å²) < 4.78 is 1.82. The first-order valence-electron chi connectivity index (χ1n) is 8.23. The predicted molar refractivity (Wildman–Crippen MR) is 92.8 cm³/mol. The normalized spacial score (nSPS) is 14.2. The van der Waals surface area contributed by atoms with E-state index in [0.29, 0.717) is 19.0 Å². The van der Waals surface area contributed by atoms with E-state index in [2.05, 4.69) is 29.2 Å². The van der Waals surface area contributed by atoms with Gasteiger partial charge in [0.05, 0.1) is 11.3 Å². The number of nitrogens with one attached hydrogen (secondary N) is 1. The van der Waals surface area contributed by atoms with Gasteiger partial charge in [-0.25, -0.2) is 0 Å². The second-order valence-corrected chi connectivity index (χ2v) is 6.95. The van der Waals surface area contributed by atoms with Crippen molar-refractivity contribution in [1.82, 2.24) is 20.1 Å². The third-order valence-electron chi connectivity index (χ3n) is 3.92. The Kier molecular flexibility index (Phi) is 5.91. The van der Waals surface area contributed by atoms with Crippen molar-refractivity contribution in [3.05, 3.63) is 36.3 Å². The molecule has 0 aromatic carbocycles. The molecule has 0 spiro atoms. The minimum atomic E-state index is -0.680. The molecule has 0 bridgehead atoms. The Hall–Kier alpha value is -1.72. The quantitative estimate of drug-likeness (QED) is 0.786. The summed E-state index contributed by atoms with van der Waals surface area (Å²) >= 11 is 0. The molecular weight excluding hydrogens is 288 g/mol. The summed E-state index contributed by atoms with van der Waals surface area (Å²) in [7, 11) is 1.92. The van der Waals surface area contributed by atoms with E-state index in [1.54, 1.807) is 6.20 Å². The number of aliphatic hydroxyl groups is 1. The first kappa shape index (κ1) is 17.6. The van der Waals surface area contributed by atoms with Crippen LogP contribution in [0.1, 0.15) is 39.2 Å². The number of hydrogen-bond acceptors (Lipinski definition) is 4. The molecule has 2 aromatic rings. The number of pyridine rings is 1. The summed E-state index contributed by atoms with van der Waals surface area (Å²) in [6.07, 6.45) is 7.43. The Morgan fingerprint density at radius 3 is 2.83 bits per heavy atom. The first-order valence-corrected chi connectivity index (χ1v) is 8.23. The molecule has 0 radical (unpaired) electrons. The van der Waals surface area contributed by atoms with Crippen molar-refractivity contribution < 1.29 is 5.11 Å². The molecular formula is C18H28N4O. The zero-order valence-corrected chi connectivity index (χ0v) is 14.6. The Morgan fingerprint density at radius 2 is 2.17 bits per heavy atom. The molecule has 0 saturated heterocycles. The SMILES string of the molecule is CC(C)CCC(C)(O)CNCc1cn(C)nc1-c1cccnc1. The number of aromatic nitrogens is 3. The highest BCUT2D eigenvalue weighted by atomic mass is 16.3. The van der Waals surface area contributed by atoms with E-state index in [1.165, 1.54) is 0 Å². The van der Waals surface area contributed by atoms with Gasteiger partial charge in [0.25, 0.3) is 0 Å². The van der Waals surface area contributed by atoms with Crippen molar-refractivity contribution in [3.63, 3.8) is 0 Å². The van der Waals surface area contributed by atoms with E-state index in [-0.39, 0.29) is 0 Å². The van der Waals surface area contributed by atoms with Crippen LogP contribution in [0, 0.1) is 5.92 Å². The maximum Gasteiger partial charge on any atom is 0.0983 e. The Morgan fingerprint density at radius 1 is 1.39 bits per heavy atom. The van der Waals surface area contributed by atoms with Crippen LogP contribution in [-0.2, 0) is 13.6 Å². The third-order valence-corrected chi connectivity index (χ3v) is 3.92. The lowest BCUT2D eigenvalue weighted by molar-refractivity contribution is 0.0451. The number of aryl methyl sites for hydroxylation is 1. The Bertz CT molecular complexity index is 605. The van der Waals surface area contributed by atoms with Crippen LogP contribution in [0.15, 0.2) is 30.7 Å². The van der Waals surface area contributed by atoms with Crippen molar-refractivity contribution >= 4 is 0 Å². The van der Waals surface area contributed by atoms with Gasteiger partial charge in [-0.3, -0.25) is 9.67 Å². The average molecular weight is 316 g/mol. The fourth-order valence-corrected chi connectivity index (χ4v) is 2.57. The van der Waals surface area contributed by atoms with E-state index in [0.717, 1.165) is 29.7 Å². The van der Waals surface area contributed by atoms with E-state index in [1.807, 2.05) is 43.2 Å². The lowest BCUT2D eigenvalue weighted by Gasteiger charge is -2.24. The van der Waals surface area contributed by atoms with Crippen LogP contribution < -0.4 is 5.32 Å². The lowest BCUT2D eigenvalue weighted by atomic mass is 9.95. The van der Waals surface area contributed by atoms with Gasteiger partial charge >= 0.3 is 0 Å². The van der Waals surface area contributed by atoms with Crippen LogP contribution in [0.25, 0.3) is 11.3 Å². The van der Waals surface area contributed by atoms with Crippen molar-refractivity contribution in [3.8, 4) is 11.3 Å². The van der Waals surface area contributed by atoms with Gasteiger partial charge in [0.1, 0.15) is 0 Å². The van der Waals surface area contributed by atoms with Gasteiger partial charge in [0, 0.05) is 49.9 Å². The smallest absolute Gasteiger partial charge is 0.0983 e. The summed E-state index contributed by atoms with van der Waals surface area (Å²) in [6.45, 7) is 7.50. The second kappa shape index (κ2) is 7.70. The van der Waals surface area contributed by atoms with Crippen molar-refractivity contribution in [1.29, 1.82) is 0 Å². The number of rotatable bonds is 8. The highest BCUT2D eigenvalue weighted by Gasteiger charge is 2.20.